The van der Waals surface area contributed by atoms with Gasteiger partial charge in [0.1, 0.15) is 0 Å². The van der Waals surface area contributed by atoms with Gasteiger partial charge < -0.3 is 10.1 Å². The van der Waals surface area contributed by atoms with Gasteiger partial charge in [-0.25, -0.2) is 0 Å². The van der Waals surface area contributed by atoms with Gasteiger partial charge in [-0.05, 0) is 18.9 Å². The van der Waals surface area contributed by atoms with E-state index in [4.69, 9.17) is 4.74 Å². The molecule has 3 heteroatoms. The Morgan fingerprint density at radius 1 is 1.29 bits per heavy atom. The van der Waals surface area contributed by atoms with Gasteiger partial charge in [0.25, 0.3) is 0 Å². The normalized spacial score (nSPS) is 19.9. The Labute approximate surface area is 87.8 Å². The molecule has 0 aromatic heterocycles. The van der Waals surface area contributed by atoms with Crippen LogP contribution in [0.5, 0.6) is 0 Å². The number of rotatable bonds is 5. The first kappa shape index (κ1) is 12.0. The summed E-state index contributed by atoms with van der Waals surface area (Å²) in [6, 6.07) is 0. The van der Waals surface area contributed by atoms with Crippen molar-refractivity contribution in [2.75, 3.05) is 45.9 Å². The van der Waals surface area contributed by atoms with E-state index in [0.717, 1.165) is 45.3 Å². The van der Waals surface area contributed by atoms with Crippen LogP contribution in [0, 0.1) is 5.92 Å². The van der Waals surface area contributed by atoms with Gasteiger partial charge in [-0.2, -0.15) is 0 Å². The fourth-order valence-electron chi connectivity index (χ4n) is 1.65. The second kappa shape index (κ2) is 7.21. The van der Waals surface area contributed by atoms with Gasteiger partial charge in [0.15, 0.2) is 0 Å². The van der Waals surface area contributed by atoms with Crippen LogP contribution >= 0.6 is 0 Å². The summed E-state index contributed by atoms with van der Waals surface area (Å²) in [5, 5.41) is 3.47. The third-order valence-electron chi connectivity index (χ3n) is 2.47. The van der Waals surface area contributed by atoms with E-state index in [-0.39, 0.29) is 0 Å². The Bertz CT molecular complexity index is 131. The lowest BCUT2D eigenvalue weighted by molar-refractivity contribution is 0.141. The van der Waals surface area contributed by atoms with Crippen LogP contribution in [-0.4, -0.2) is 50.8 Å². The Kier molecular flexibility index (Phi) is 6.15. The first-order valence-electron chi connectivity index (χ1n) is 5.80. The predicted octanol–water partition coefficient (Wildman–Crippen LogP) is 0.954. The molecule has 0 aromatic rings. The zero-order valence-electron chi connectivity index (χ0n) is 9.59. The van der Waals surface area contributed by atoms with Crippen LogP contribution in [0.2, 0.25) is 0 Å². The third kappa shape index (κ3) is 5.58. The molecule has 0 amide bonds. The Hall–Kier alpha value is -0.120. The minimum absolute atomic E-state index is 0.752. The molecule has 1 N–H and O–H groups in total. The lowest BCUT2D eigenvalue weighted by Crippen LogP contribution is -2.34. The predicted molar refractivity (Wildman–Crippen MR) is 59.6 cm³/mol. The van der Waals surface area contributed by atoms with Crippen molar-refractivity contribution < 1.29 is 4.74 Å². The van der Waals surface area contributed by atoms with Crippen molar-refractivity contribution in [2.45, 2.75) is 20.3 Å². The summed E-state index contributed by atoms with van der Waals surface area (Å²) >= 11 is 0. The molecule has 84 valence electrons. The molecule has 0 aromatic carbocycles. The number of nitrogens with one attached hydrogen (secondary N) is 1. The Morgan fingerprint density at radius 2 is 2.14 bits per heavy atom. The molecule has 14 heavy (non-hydrogen) atoms. The summed E-state index contributed by atoms with van der Waals surface area (Å²) < 4.78 is 5.41. The summed E-state index contributed by atoms with van der Waals surface area (Å²) in [5.41, 5.74) is 0. The average Bonchev–Trinajstić information content (AvgIpc) is 2.40. The van der Waals surface area contributed by atoms with Crippen molar-refractivity contribution in [1.82, 2.24) is 10.2 Å². The van der Waals surface area contributed by atoms with Crippen molar-refractivity contribution in [2.24, 2.45) is 5.92 Å². The fraction of sp³-hybridized carbons (Fsp3) is 1.00. The Morgan fingerprint density at radius 3 is 2.93 bits per heavy atom. The number of ether oxygens (including phenoxy) is 1. The van der Waals surface area contributed by atoms with Crippen molar-refractivity contribution >= 4 is 0 Å². The SMILES string of the molecule is CC(C)CNCCN1CCCOCC1. The number of hydrogen-bond donors (Lipinski definition) is 1. The van der Waals surface area contributed by atoms with Crippen LogP contribution < -0.4 is 5.32 Å². The minimum atomic E-state index is 0.752. The van der Waals surface area contributed by atoms with Crippen LogP contribution in [0.4, 0.5) is 0 Å². The molecule has 0 radical (unpaired) electrons. The van der Waals surface area contributed by atoms with E-state index in [1.165, 1.54) is 13.0 Å². The second-order valence-electron chi connectivity index (χ2n) is 4.41. The van der Waals surface area contributed by atoms with Crippen LogP contribution in [0.1, 0.15) is 20.3 Å². The largest absolute Gasteiger partial charge is 0.380 e. The first-order chi connectivity index (χ1) is 6.79. The van der Waals surface area contributed by atoms with Gasteiger partial charge in [0.2, 0.25) is 0 Å². The van der Waals surface area contributed by atoms with Crippen LogP contribution in [0.25, 0.3) is 0 Å². The highest BCUT2D eigenvalue weighted by molar-refractivity contribution is 4.63. The molecule has 0 spiro atoms. The summed E-state index contributed by atoms with van der Waals surface area (Å²) in [4.78, 5) is 2.49. The van der Waals surface area contributed by atoms with Gasteiger partial charge in [-0.1, -0.05) is 13.8 Å². The Balaban J connectivity index is 1.99. The van der Waals surface area contributed by atoms with Gasteiger partial charge in [0.05, 0.1) is 6.61 Å². The lowest BCUT2D eigenvalue weighted by atomic mass is 10.2. The van der Waals surface area contributed by atoms with Gasteiger partial charge in [-0.3, -0.25) is 4.90 Å². The van der Waals surface area contributed by atoms with Crippen molar-refractivity contribution in [1.29, 1.82) is 0 Å². The highest BCUT2D eigenvalue weighted by Crippen LogP contribution is 1.97. The maximum atomic E-state index is 5.41. The molecule has 1 heterocycles. The van der Waals surface area contributed by atoms with Crippen molar-refractivity contribution in [3.63, 3.8) is 0 Å². The first-order valence-corrected chi connectivity index (χ1v) is 5.80. The molecule has 0 bridgehead atoms. The minimum Gasteiger partial charge on any atom is -0.380 e. The van der Waals surface area contributed by atoms with Crippen LogP contribution in [0.3, 0.4) is 0 Å². The summed E-state index contributed by atoms with van der Waals surface area (Å²) in [5.74, 6) is 0.752. The molecule has 1 fully saturated rings. The summed E-state index contributed by atoms with van der Waals surface area (Å²) in [6.07, 6.45) is 1.18. The van der Waals surface area contributed by atoms with E-state index in [0.29, 0.717) is 0 Å². The summed E-state index contributed by atoms with van der Waals surface area (Å²) in [7, 11) is 0. The average molecular weight is 200 g/mol. The molecule has 1 rings (SSSR count). The quantitative estimate of drug-likeness (QED) is 0.669. The highest BCUT2D eigenvalue weighted by atomic mass is 16.5. The van der Waals surface area contributed by atoms with Crippen LogP contribution in [0.15, 0.2) is 0 Å². The molecule has 3 nitrogen and oxygen atoms in total. The molecular formula is C11H24N2O. The van der Waals surface area contributed by atoms with Gasteiger partial charge >= 0.3 is 0 Å². The molecular weight excluding hydrogens is 176 g/mol. The molecule has 0 unspecified atom stereocenters. The maximum absolute atomic E-state index is 5.41. The smallest absolute Gasteiger partial charge is 0.0593 e. The fourth-order valence-corrected chi connectivity index (χ4v) is 1.65. The van der Waals surface area contributed by atoms with Gasteiger partial charge in [0, 0.05) is 32.8 Å². The van der Waals surface area contributed by atoms with E-state index in [1.807, 2.05) is 0 Å². The summed E-state index contributed by atoms with van der Waals surface area (Å²) in [6.45, 7) is 12.0. The number of nitrogens with zero attached hydrogens (tertiary/aromatic N) is 1. The lowest BCUT2D eigenvalue weighted by Gasteiger charge is -2.19. The van der Waals surface area contributed by atoms with Gasteiger partial charge in [-0.15, -0.1) is 0 Å². The number of hydrogen-bond acceptors (Lipinski definition) is 3. The molecule has 1 aliphatic rings. The van der Waals surface area contributed by atoms with E-state index in [2.05, 4.69) is 24.1 Å². The van der Waals surface area contributed by atoms with E-state index >= 15 is 0 Å². The zero-order chi connectivity index (χ0) is 10.2. The zero-order valence-corrected chi connectivity index (χ0v) is 9.59. The van der Waals surface area contributed by atoms with Crippen molar-refractivity contribution in [3.8, 4) is 0 Å². The molecule has 0 atom stereocenters. The molecule has 1 saturated heterocycles. The molecule has 0 aliphatic carbocycles. The van der Waals surface area contributed by atoms with Crippen molar-refractivity contribution in [3.05, 3.63) is 0 Å². The molecule has 1 aliphatic heterocycles. The van der Waals surface area contributed by atoms with E-state index in [1.54, 1.807) is 0 Å². The third-order valence-corrected chi connectivity index (χ3v) is 2.47. The van der Waals surface area contributed by atoms with Crippen LogP contribution in [-0.2, 0) is 4.74 Å². The highest BCUT2D eigenvalue weighted by Gasteiger charge is 2.07. The standard InChI is InChI=1S/C11H24N2O/c1-11(2)10-12-4-6-13-5-3-8-14-9-7-13/h11-12H,3-10H2,1-2H3. The second-order valence-corrected chi connectivity index (χ2v) is 4.41. The van der Waals surface area contributed by atoms with E-state index in [9.17, 15) is 0 Å². The van der Waals surface area contributed by atoms with E-state index < -0.39 is 0 Å². The topological polar surface area (TPSA) is 24.5 Å². The maximum Gasteiger partial charge on any atom is 0.0593 e. The monoisotopic (exact) mass is 200 g/mol. The molecule has 0 saturated carbocycles.